The molecule has 3 nitrogen and oxygen atoms in total. The average molecular weight is 310 g/mol. The lowest BCUT2D eigenvalue weighted by atomic mass is 10.1. The molecule has 0 fully saturated rings. The Balaban J connectivity index is 1.61. The number of amides is 1. The van der Waals surface area contributed by atoms with Gasteiger partial charge in [0.05, 0.1) is 0 Å². The number of nitrogens with two attached hydrogens (primary N) is 1. The zero-order valence-corrected chi connectivity index (χ0v) is 13.8. The Morgan fingerprint density at radius 3 is 2.43 bits per heavy atom. The maximum atomic E-state index is 11.9. The molecule has 0 saturated heterocycles. The molecule has 0 aliphatic carbocycles. The average Bonchev–Trinajstić information content (AvgIpc) is 2.59. The van der Waals surface area contributed by atoms with E-state index in [9.17, 15) is 4.79 Å². The normalized spacial score (nSPS) is 11.9. The summed E-state index contributed by atoms with van der Waals surface area (Å²) in [6.07, 6.45) is 3.52. The first kappa shape index (κ1) is 17.2. The molecule has 0 bridgehead atoms. The van der Waals surface area contributed by atoms with Gasteiger partial charge < -0.3 is 11.1 Å². The molecule has 3 heteroatoms. The highest BCUT2D eigenvalue weighted by atomic mass is 16.1. The van der Waals surface area contributed by atoms with Crippen LogP contribution in [-0.4, -0.2) is 12.5 Å². The summed E-state index contributed by atoms with van der Waals surface area (Å²) in [5, 5.41) is 2.92. The van der Waals surface area contributed by atoms with E-state index in [0.29, 0.717) is 13.0 Å². The lowest BCUT2D eigenvalue weighted by Crippen LogP contribution is -2.31. The third kappa shape index (κ3) is 6.25. The molecule has 1 unspecified atom stereocenters. The van der Waals surface area contributed by atoms with Crippen molar-refractivity contribution < 1.29 is 4.79 Å². The van der Waals surface area contributed by atoms with Gasteiger partial charge in [-0.15, -0.1) is 0 Å². The summed E-state index contributed by atoms with van der Waals surface area (Å²) >= 11 is 0. The topological polar surface area (TPSA) is 55.1 Å². The molecular weight excluding hydrogens is 284 g/mol. The predicted octanol–water partition coefficient (Wildman–Crippen LogP) is 3.52. The summed E-state index contributed by atoms with van der Waals surface area (Å²) in [6, 6.07) is 18.3. The fraction of sp³-hybridized carbons (Fsp3) is 0.350. The van der Waals surface area contributed by atoms with Crippen LogP contribution in [0.3, 0.4) is 0 Å². The van der Waals surface area contributed by atoms with Gasteiger partial charge in [-0.25, -0.2) is 0 Å². The number of unbranched alkanes of at least 4 members (excludes halogenated alkanes) is 1. The molecule has 0 aliphatic heterocycles. The van der Waals surface area contributed by atoms with Crippen molar-refractivity contribution in [3.05, 3.63) is 71.3 Å². The van der Waals surface area contributed by atoms with Crippen molar-refractivity contribution in [1.82, 2.24) is 5.32 Å². The summed E-state index contributed by atoms with van der Waals surface area (Å²) in [6.45, 7) is 2.58. The summed E-state index contributed by atoms with van der Waals surface area (Å²) in [4.78, 5) is 11.9. The minimum Gasteiger partial charge on any atom is -0.354 e. The monoisotopic (exact) mass is 310 g/mol. The van der Waals surface area contributed by atoms with Crippen LogP contribution in [0.15, 0.2) is 54.6 Å². The lowest BCUT2D eigenvalue weighted by molar-refractivity contribution is -0.121. The van der Waals surface area contributed by atoms with E-state index < -0.39 is 0 Å². The highest BCUT2D eigenvalue weighted by Crippen LogP contribution is 2.10. The van der Waals surface area contributed by atoms with Crippen LogP contribution >= 0.6 is 0 Å². The summed E-state index contributed by atoms with van der Waals surface area (Å²) in [5.41, 5.74) is 9.74. The molecule has 3 N–H and O–H groups in total. The van der Waals surface area contributed by atoms with Crippen molar-refractivity contribution in [1.29, 1.82) is 0 Å². The molecular formula is C20H26N2O. The Morgan fingerprint density at radius 1 is 1.04 bits per heavy atom. The molecule has 0 saturated carbocycles. The molecule has 0 radical (unpaired) electrons. The number of carbonyl (C=O) groups is 1. The van der Waals surface area contributed by atoms with E-state index in [1.165, 1.54) is 11.1 Å². The van der Waals surface area contributed by atoms with Gasteiger partial charge in [0.1, 0.15) is 0 Å². The van der Waals surface area contributed by atoms with Gasteiger partial charge in [0.15, 0.2) is 0 Å². The molecule has 122 valence electrons. The highest BCUT2D eigenvalue weighted by Gasteiger charge is 2.07. The fourth-order valence-electron chi connectivity index (χ4n) is 2.50. The van der Waals surface area contributed by atoms with Gasteiger partial charge in [0.2, 0.25) is 5.91 Å². The van der Waals surface area contributed by atoms with Crippen LogP contribution < -0.4 is 11.1 Å². The first-order chi connectivity index (χ1) is 11.1. The van der Waals surface area contributed by atoms with Gasteiger partial charge in [0.25, 0.3) is 0 Å². The molecule has 2 aromatic rings. The van der Waals surface area contributed by atoms with Crippen LogP contribution in [0.1, 0.15) is 42.0 Å². The Bertz CT molecular complexity index is 593. The first-order valence-corrected chi connectivity index (χ1v) is 8.28. The molecule has 23 heavy (non-hydrogen) atoms. The van der Waals surface area contributed by atoms with Crippen molar-refractivity contribution in [2.45, 2.75) is 38.6 Å². The van der Waals surface area contributed by atoms with Gasteiger partial charge in [-0.2, -0.15) is 0 Å². The maximum absolute atomic E-state index is 11.9. The van der Waals surface area contributed by atoms with E-state index in [0.717, 1.165) is 24.8 Å². The van der Waals surface area contributed by atoms with Gasteiger partial charge in [-0.1, -0.05) is 60.2 Å². The molecule has 1 atom stereocenters. The summed E-state index contributed by atoms with van der Waals surface area (Å²) in [7, 11) is 0. The SMILES string of the molecule is Cc1ccc(CCCCC(=O)NCC(N)c2ccccc2)cc1. The molecule has 0 aliphatic rings. The van der Waals surface area contributed by atoms with E-state index in [4.69, 9.17) is 5.73 Å². The van der Waals surface area contributed by atoms with Gasteiger partial charge >= 0.3 is 0 Å². The van der Waals surface area contributed by atoms with E-state index in [1.54, 1.807) is 0 Å². The van der Waals surface area contributed by atoms with Crippen LogP contribution in [0.25, 0.3) is 0 Å². The molecule has 0 spiro atoms. The minimum absolute atomic E-state index is 0.0836. The second kappa shape index (κ2) is 9.11. The number of carbonyl (C=O) groups excluding carboxylic acids is 1. The van der Waals surface area contributed by atoms with Crippen molar-refractivity contribution in [2.75, 3.05) is 6.54 Å². The largest absolute Gasteiger partial charge is 0.354 e. The zero-order valence-electron chi connectivity index (χ0n) is 13.8. The second-order valence-corrected chi connectivity index (χ2v) is 6.01. The van der Waals surface area contributed by atoms with Gasteiger partial charge in [-0.3, -0.25) is 4.79 Å². The van der Waals surface area contributed by atoms with Crippen molar-refractivity contribution >= 4 is 5.91 Å². The van der Waals surface area contributed by atoms with Crippen LogP contribution in [0.4, 0.5) is 0 Å². The number of hydrogen-bond donors (Lipinski definition) is 2. The Labute approximate surface area is 138 Å². The number of nitrogens with one attached hydrogen (secondary N) is 1. The zero-order chi connectivity index (χ0) is 16.5. The Kier molecular flexibility index (Phi) is 6.82. The fourth-order valence-corrected chi connectivity index (χ4v) is 2.50. The molecule has 0 aromatic heterocycles. The number of hydrogen-bond acceptors (Lipinski definition) is 2. The number of rotatable bonds is 8. The Morgan fingerprint density at radius 2 is 1.74 bits per heavy atom. The van der Waals surface area contributed by atoms with Gasteiger partial charge in [-0.05, 0) is 37.3 Å². The lowest BCUT2D eigenvalue weighted by Gasteiger charge is -2.13. The molecule has 1 amide bonds. The van der Waals surface area contributed by atoms with Crippen LogP contribution in [-0.2, 0) is 11.2 Å². The standard InChI is InChI=1S/C20H26N2O/c1-16-11-13-17(14-12-16)7-5-6-10-20(23)22-15-19(21)18-8-3-2-4-9-18/h2-4,8-9,11-14,19H,5-7,10,15,21H2,1H3,(H,22,23). The van der Waals surface area contributed by atoms with Crippen molar-refractivity contribution in [2.24, 2.45) is 5.73 Å². The van der Waals surface area contributed by atoms with Crippen LogP contribution in [0, 0.1) is 6.92 Å². The van der Waals surface area contributed by atoms with E-state index in [2.05, 4.69) is 36.5 Å². The van der Waals surface area contributed by atoms with Crippen molar-refractivity contribution in [3.8, 4) is 0 Å². The van der Waals surface area contributed by atoms with E-state index >= 15 is 0 Å². The summed E-state index contributed by atoms with van der Waals surface area (Å²) in [5.74, 6) is 0.0836. The van der Waals surface area contributed by atoms with E-state index in [-0.39, 0.29) is 11.9 Å². The summed E-state index contributed by atoms with van der Waals surface area (Å²) < 4.78 is 0. The number of aryl methyl sites for hydroxylation is 2. The molecule has 0 heterocycles. The third-order valence-electron chi connectivity index (χ3n) is 3.99. The Hall–Kier alpha value is -2.13. The maximum Gasteiger partial charge on any atom is 0.220 e. The quantitative estimate of drug-likeness (QED) is 0.733. The van der Waals surface area contributed by atoms with Gasteiger partial charge in [0, 0.05) is 19.0 Å². The number of benzene rings is 2. The first-order valence-electron chi connectivity index (χ1n) is 8.28. The van der Waals surface area contributed by atoms with Crippen LogP contribution in [0.2, 0.25) is 0 Å². The molecule has 2 aromatic carbocycles. The predicted molar refractivity (Wildman–Crippen MR) is 95.1 cm³/mol. The van der Waals surface area contributed by atoms with E-state index in [1.807, 2.05) is 30.3 Å². The smallest absolute Gasteiger partial charge is 0.220 e. The third-order valence-corrected chi connectivity index (χ3v) is 3.99. The minimum atomic E-state index is -0.146. The second-order valence-electron chi connectivity index (χ2n) is 6.01. The highest BCUT2D eigenvalue weighted by molar-refractivity contribution is 5.75. The van der Waals surface area contributed by atoms with Crippen molar-refractivity contribution in [3.63, 3.8) is 0 Å². The molecule has 2 rings (SSSR count). The van der Waals surface area contributed by atoms with Crippen LogP contribution in [0.5, 0.6) is 0 Å².